The van der Waals surface area contributed by atoms with E-state index < -0.39 is 24.4 Å². The lowest BCUT2D eigenvalue weighted by Crippen LogP contribution is -2.33. The first kappa shape index (κ1) is 14.5. The highest BCUT2D eigenvalue weighted by molar-refractivity contribution is 5.78. The van der Waals surface area contributed by atoms with E-state index in [2.05, 4.69) is 5.32 Å². The number of nitrogens with one attached hydrogen (secondary N) is 1. The molecule has 0 bridgehead atoms. The molecule has 2 atom stereocenters. The Balaban J connectivity index is 2.55. The van der Waals surface area contributed by atoms with Gasteiger partial charge in [-0.1, -0.05) is 37.3 Å². The fourth-order valence-electron chi connectivity index (χ4n) is 1.62. The predicted molar refractivity (Wildman–Crippen MR) is 62.8 cm³/mol. The van der Waals surface area contributed by atoms with Crippen molar-refractivity contribution in [3.63, 3.8) is 0 Å². The number of rotatable bonds is 4. The number of carbonyl (C=O) groups excluding carboxylic acids is 1. The zero-order valence-electron chi connectivity index (χ0n) is 10.3. The number of hydrogen-bond acceptors (Lipinski definition) is 1. The summed E-state index contributed by atoms with van der Waals surface area (Å²) in [6, 6.07) is 8.81. The Kier molecular flexibility index (Phi) is 4.76. The third-order valence-electron chi connectivity index (χ3n) is 2.64. The number of benzene rings is 1. The van der Waals surface area contributed by atoms with Gasteiger partial charge in [-0.05, 0) is 12.5 Å². The number of alkyl halides is 3. The average molecular weight is 259 g/mol. The van der Waals surface area contributed by atoms with Crippen LogP contribution in [0.3, 0.4) is 0 Å². The fourth-order valence-corrected chi connectivity index (χ4v) is 1.62. The van der Waals surface area contributed by atoms with Crippen LogP contribution in [0.1, 0.15) is 31.9 Å². The highest BCUT2D eigenvalue weighted by Crippen LogP contribution is 2.25. The van der Waals surface area contributed by atoms with Crippen molar-refractivity contribution in [1.82, 2.24) is 5.32 Å². The summed E-state index contributed by atoms with van der Waals surface area (Å²) in [6.45, 7) is 3.02. The van der Waals surface area contributed by atoms with Gasteiger partial charge in [0.15, 0.2) is 0 Å². The minimum Gasteiger partial charge on any atom is -0.349 e. The van der Waals surface area contributed by atoms with E-state index in [0.717, 1.165) is 5.56 Å². The normalized spacial score (nSPS) is 14.9. The van der Waals surface area contributed by atoms with Crippen LogP contribution < -0.4 is 5.32 Å². The van der Waals surface area contributed by atoms with Crippen molar-refractivity contribution in [3.8, 4) is 0 Å². The zero-order valence-corrected chi connectivity index (χ0v) is 10.3. The van der Waals surface area contributed by atoms with Gasteiger partial charge < -0.3 is 5.32 Å². The van der Waals surface area contributed by atoms with Gasteiger partial charge in [-0.15, -0.1) is 0 Å². The van der Waals surface area contributed by atoms with E-state index in [9.17, 15) is 18.0 Å². The molecule has 2 nitrogen and oxygen atoms in total. The van der Waals surface area contributed by atoms with Crippen molar-refractivity contribution in [3.05, 3.63) is 35.9 Å². The molecule has 0 aliphatic carbocycles. The van der Waals surface area contributed by atoms with Crippen LogP contribution >= 0.6 is 0 Å². The highest BCUT2D eigenvalue weighted by atomic mass is 19.4. The summed E-state index contributed by atoms with van der Waals surface area (Å²) in [7, 11) is 0. The molecule has 5 heteroatoms. The molecule has 1 aromatic rings. The molecule has 18 heavy (non-hydrogen) atoms. The van der Waals surface area contributed by atoms with E-state index in [1.807, 2.05) is 30.3 Å². The van der Waals surface area contributed by atoms with Crippen LogP contribution in [-0.4, -0.2) is 12.1 Å². The molecule has 0 aliphatic heterocycles. The topological polar surface area (TPSA) is 29.1 Å². The molecule has 0 spiro atoms. The van der Waals surface area contributed by atoms with Crippen molar-refractivity contribution < 1.29 is 18.0 Å². The molecule has 100 valence electrons. The maximum atomic E-state index is 12.1. The Morgan fingerprint density at radius 3 is 2.28 bits per heavy atom. The van der Waals surface area contributed by atoms with Crippen molar-refractivity contribution in [1.29, 1.82) is 0 Å². The quantitative estimate of drug-likeness (QED) is 0.881. The third-order valence-corrected chi connectivity index (χ3v) is 2.64. The molecule has 0 heterocycles. The number of halogens is 3. The van der Waals surface area contributed by atoms with Crippen molar-refractivity contribution in [2.24, 2.45) is 5.92 Å². The van der Waals surface area contributed by atoms with Gasteiger partial charge in [0.1, 0.15) is 0 Å². The van der Waals surface area contributed by atoms with Gasteiger partial charge in [-0.25, -0.2) is 0 Å². The molecule has 1 amide bonds. The molecule has 0 saturated heterocycles. The summed E-state index contributed by atoms with van der Waals surface area (Å²) in [5, 5.41) is 2.58. The Labute approximate surface area is 104 Å². The van der Waals surface area contributed by atoms with Crippen LogP contribution in [0.15, 0.2) is 30.3 Å². The zero-order chi connectivity index (χ0) is 13.8. The van der Waals surface area contributed by atoms with E-state index in [1.54, 1.807) is 6.92 Å². The predicted octanol–water partition coefficient (Wildman–Crippen LogP) is 3.45. The maximum absolute atomic E-state index is 12.1. The minimum absolute atomic E-state index is 0.297. The van der Waals surface area contributed by atoms with Crippen LogP contribution in [0.25, 0.3) is 0 Å². The van der Waals surface area contributed by atoms with Gasteiger partial charge in [-0.2, -0.15) is 13.2 Å². The molecule has 0 fully saturated rings. The molecule has 0 radical (unpaired) electrons. The van der Waals surface area contributed by atoms with Crippen LogP contribution in [-0.2, 0) is 4.79 Å². The monoisotopic (exact) mass is 259 g/mol. The summed E-state index contributed by atoms with van der Waals surface area (Å²) in [4.78, 5) is 11.6. The Bertz CT molecular complexity index is 389. The summed E-state index contributed by atoms with van der Waals surface area (Å²) in [5.41, 5.74) is 0.866. The molecular formula is C13H16F3NO. The number of hydrogen-bond donors (Lipinski definition) is 1. The second-order valence-electron chi connectivity index (χ2n) is 4.36. The number of carbonyl (C=O) groups is 1. The average Bonchev–Trinajstić information content (AvgIpc) is 2.27. The summed E-state index contributed by atoms with van der Waals surface area (Å²) < 4.78 is 36.4. The van der Waals surface area contributed by atoms with Crippen LogP contribution in [0.4, 0.5) is 13.2 Å². The Hall–Kier alpha value is -1.52. The first-order valence-electron chi connectivity index (χ1n) is 5.71. The molecule has 1 aromatic carbocycles. The molecule has 0 unspecified atom stereocenters. The standard InChI is InChI=1S/C13H16F3NO/c1-9(8-13(14,15)16)12(18)17-10(2)11-6-4-3-5-7-11/h3-7,9-10H,8H2,1-2H3,(H,17,18)/t9-,10+/m1/s1. The van der Waals surface area contributed by atoms with E-state index in [1.165, 1.54) is 6.92 Å². The summed E-state index contributed by atoms with van der Waals surface area (Å²) in [6.07, 6.45) is -5.41. The highest BCUT2D eigenvalue weighted by Gasteiger charge is 2.33. The lowest BCUT2D eigenvalue weighted by atomic mass is 10.0. The maximum Gasteiger partial charge on any atom is 0.389 e. The van der Waals surface area contributed by atoms with Crippen LogP contribution in [0.2, 0.25) is 0 Å². The van der Waals surface area contributed by atoms with Gasteiger partial charge in [0.2, 0.25) is 5.91 Å². The van der Waals surface area contributed by atoms with Gasteiger partial charge in [0.05, 0.1) is 12.5 Å². The molecule has 0 saturated carbocycles. The van der Waals surface area contributed by atoms with E-state index in [4.69, 9.17) is 0 Å². The van der Waals surface area contributed by atoms with Crippen LogP contribution in [0, 0.1) is 5.92 Å². The lowest BCUT2D eigenvalue weighted by molar-refractivity contribution is -0.153. The second kappa shape index (κ2) is 5.89. The molecule has 0 aromatic heterocycles. The minimum atomic E-state index is -4.31. The van der Waals surface area contributed by atoms with Crippen molar-refractivity contribution >= 4 is 5.91 Å². The van der Waals surface area contributed by atoms with Crippen LogP contribution in [0.5, 0.6) is 0 Å². The Morgan fingerprint density at radius 2 is 1.78 bits per heavy atom. The van der Waals surface area contributed by atoms with Gasteiger partial charge >= 0.3 is 6.18 Å². The third kappa shape index (κ3) is 4.77. The largest absolute Gasteiger partial charge is 0.389 e. The van der Waals surface area contributed by atoms with E-state index in [-0.39, 0.29) is 6.04 Å². The second-order valence-corrected chi connectivity index (χ2v) is 4.36. The smallest absolute Gasteiger partial charge is 0.349 e. The van der Waals surface area contributed by atoms with Gasteiger partial charge in [0.25, 0.3) is 0 Å². The first-order valence-corrected chi connectivity index (χ1v) is 5.71. The van der Waals surface area contributed by atoms with Gasteiger partial charge in [0, 0.05) is 5.92 Å². The lowest BCUT2D eigenvalue weighted by Gasteiger charge is -2.18. The van der Waals surface area contributed by atoms with E-state index >= 15 is 0 Å². The van der Waals surface area contributed by atoms with Crippen molar-refractivity contribution in [2.45, 2.75) is 32.5 Å². The first-order chi connectivity index (χ1) is 8.29. The molecule has 1 rings (SSSR count). The SMILES string of the molecule is C[C@H](CC(F)(F)F)C(=O)N[C@@H](C)c1ccccc1. The van der Waals surface area contributed by atoms with E-state index in [0.29, 0.717) is 0 Å². The van der Waals surface area contributed by atoms with Crippen molar-refractivity contribution in [2.75, 3.05) is 0 Å². The van der Waals surface area contributed by atoms with Gasteiger partial charge in [-0.3, -0.25) is 4.79 Å². The molecule has 1 N–H and O–H groups in total. The summed E-state index contributed by atoms with van der Waals surface area (Å²) >= 11 is 0. The fraction of sp³-hybridized carbons (Fsp3) is 0.462. The number of amides is 1. The molecular weight excluding hydrogens is 243 g/mol. The summed E-state index contributed by atoms with van der Waals surface area (Å²) in [5.74, 6) is -1.65. The molecule has 0 aliphatic rings. The Morgan fingerprint density at radius 1 is 1.22 bits per heavy atom.